The van der Waals surface area contributed by atoms with Gasteiger partial charge in [-0.3, -0.25) is 9.78 Å². The van der Waals surface area contributed by atoms with Crippen LogP contribution in [0.3, 0.4) is 0 Å². The zero-order chi connectivity index (χ0) is 18.1. The van der Waals surface area contributed by atoms with Crippen molar-refractivity contribution in [3.8, 4) is 0 Å². The molecule has 5 nitrogen and oxygen atoms in total. The smallest absolute Gasteiger partial charge is 0.256 e. The van der Waals surface area contributed by atoms with E-state index in [1.165, 1.54) is 6.20 Å². The van der Waals surface area contributed by atoms with Crippen LogP contribution in [0, 0.1) is 5.92 Å². The highest BCUT2D eigenvalue weighted by Crippen LogP contribution is 2.47. The maximum absolute atomic E-state index is 13.2. The molecule has 1 aromatic heterocycles. The molecular weight excluding hydrogens is 326 g/mol. The SMILES string of the molecule is Nc1cnccc1C(=O)N1CC[C@](O)(c2ccccc2)[C@H]2CCCC[C@H]21. The van der Waals surface area contributed by atoms with Crippen LogP contribution in [0.2, 0.25) is 0 Å². The van der Waals surface area contributed by atoms with Gasteiger partial charge in [0.15, 0.2) is 0 Å². The number of nitrogen functional groups attached to an aromatic ring is 1. The highest BCUT2D eigenvalue weighted by molar-refractivity contribution is 5.99. The number of nitrogens with zero attached hydrogens (tertiary/aromatic N) is 2. The van der Waals surface area contributed by atoms with Gasteiger partial charge in [0.05, 0.1) is 23.0 Å². The molecule has 2 aromatic rings. The van der Waals surface area contributed by atoms with Gasteiger partial charge in [-0.15, -0.1) is 0 Å². The average molecular weight is 351 g/mol. The van der Waals surface area contributed by atoms with E-state index in [9.17, 15) is 9.90 Å². The molecule has 0 spiro atoms. The molecule has 26 heavy (non-hydrogen) atoms. The standard InChI is InChI=1S/C21H25N3O2/c22-18-14-23-12-10-16(18)20(25)24-13-11-21(26,15-6-2-1-3-7-15)17-8-4-5-9-19(17)24/h1-3,6-7,10,12,14,17,19,26H,4-5,8-9,11,13,22H2/t17-,19+,21-/m0/s1. The van der Waals surface area contributed by atoms with Crippen LogP contribution in [0.5, 0.6) is 0 Å². The monoisotopic (exact) mass is 351 g/mol. The number of piperidine rings is 1. The number of amides is 1. The van der Waals surface area contributed by atoms with E-state index < -0.39 is 5.60 Å². The fraction of sp³-hybridized carbons (Fsp3) is 0.429. The number of hydrogen-bond donors (Lipinski definition) is 2. The lowest BCUT2D eigenvalue weighted by molar-refractivity contribution is -0.110. The first kappa shape index (κ1) is 17.0. The summed E-state index contributed by atoms with van der Waals surface area (Å²) in [5, 5.41) is 11.6. The Morgan fingerprint density at radius 1 is 1.19 bits per heavy atom. The van der Waals surface area contributed by atoms with Crippen molar-refractivity contribution in [2.75, 3.05) is 12.3 Å². The summed E-state index contributed by atoms with van der Waals surface area (Å²) in [5.74, 6) is 0.0105. The number of rotatable bonds is 2. The minimum Gasteiger partial charge on any atom is -0.397 e. The highest BCUT2D eigenvalue weighted by atomic mass is 16.3. The molecule has 4 rings (SSSR count). The van der Waals surface area contributed by atoms with Gasteiger partial charge < -0.3 is 15.7 Å². The zero-order valence-electron chi connectivity index (χ0n) is 14.8. The molecule has 3 N–H and O–H groups in total. The lowest BCUT2D eigenvalue weighted by atomic mass is 9.66. The first-order chi connectivity index (χ1) is 12.6. The van der Waals surface area contributed by atoms with Gasteiger partial charge in [-0.05, 0) is 30.9 Å². The first-order valence-corrected chi connectivity index (χ1v) is 9.39. The molecule has 0 bridgehead atoms. The topological polar surface area (TPSA) is 79.5 Å². The van der Waals surface area contributed by atoms with Gasteiger partial charge in [0, 0.05) is 24.7 Å². The summed E-state index contributed by atoms with van der Waals surface area (Å²) in [5.41, 5.74) is 7.00. The molecule has 3 atom stereocenters. The van der Waals surface area contributed by atoms with E-state index in [-0.39, 0.29) is 17.9 Å². The van der Waals surface area contributed by atoms with E-state index in [0.29, 0.717) is 24.2 Å². The molecule has 2 heterocycles. The van der Waals surface area contributed by atoms with Crippen molar-refractivity contribution in [2.24, 2.45) is 5.92 Å². The molecule has 1 saturated carbocycles. The minimum absolute atomic E-state index is 0.0442. The van der Waals surface area contributed by atoms with Crippen molar-refractivity contribution in [2.45, 2.75) is 43.7 Å². The molecule has 2 aliphatic rings. The van der Waals surface area contributed by atoms with Crippen LogP contribution >= 0.6 is 0 Å². The number of carbonyl (C=O) groups excluding carboxylic acids is 1. The molecular formula is C21H25N3O2. The third-order valence-electron chi connectivity index (χ3n) is 6.09. The molecule has 2 fully saturated rings. The first-order valence-electron chi connectivity index (χ1n) is 9.39. The van der Waals surface area contributed by atoms with Crippen molar-refractivity contribution >= 4 is 11.6 Å². The largest absolute Gasteiger partial charge is 0.397 e. The third kappa shape index (κ3) is 2.76. The second-order valence-electron chi connectivity index (χ2n) is 7.46. The maximum atomic E-state index is 13.2. The lowest BCUT2D eigenvalue weighted by Gasteiger charge is -2.52. The van der Waals surface area contributed by atoms with E-state index in [0.717, 1.165) is 31.2 Å². The fourth-order valence-electron chi connectivity index (χ4n) is 4.78. The molecule has 5 heteroatoms. The average Bonchev–Trinajstić information content (AvgIpc) is 2.69. The predicted octanol–water partition coefficient (Wildman–Crippen LogP) is 2.96. The summed E-state index contributed by atoms with van der Waals surface area (Å²) in [4.78, 5) is 19.1. The van der Waals surface area contributed by atoms with Crippen LogP contribution in [0.1, 0.15) is 48.0 Å². The van der Waals surface area contributed by atoms with Crippen molar-refractivity contribution in [1.29, 1.82) is 0 Å². The second kappa shape index (κ2) is 6.72. The van der Waals surface area contributed by atoms with Crippen LogP contribution < -0.4 is 5.73 Å². The van der Waals surface area contributed by atoms with E-state index in [4.69, 9.17) is 5.73 Å². The summed E-state index contributed by atoms with van der Waals surface area (Å²) >= 11 is 0. The predicted molar refractivity (Wildman–Crippen MR) is 100 cm³/mol. The summed E-state index contributed by atoms with van der Waals surface area (Å²) in [6, 6.07) is 11.7. The van der Waals surface area contributed by atoms with Crippen molar-refractivity contribution in [3.63, 3.8) is 0 Å². The molecule has 1 aliphatic heterocycles. The van der Waals surface area contributed by atoms with E-state index >= 15 is 0 Å². The van der Waals surface area contributed by atoms with E-state index in [1.54, 1.807) is 12.3 Å². The summed E-state index contributed by atoms with van der Waals surface area (Å²) in [7, 11) is 0. The molecule has 1 amide bonds. The lowest BCUT2D eigenvalue weighted by Crippen LogP contribution is -2.59. The van der Waals surface area contributed by atoms with Crippen LogP contribution in [-0.4, -0.2) is 33.5 Å². The highest BCUT2D eigenvalue weighted by Gasteiger charge is 2.50. The normalized spacial score (nSPS) is 28.4. The Kier molecular flexibility index (Phi) is 4.41. The van der Waals surface area contributed by atoms with Crippen molar-refractivity contribution in [3.05, 3.63) is 59.9 Å². The Morgan fingerprint density at radius 3 is 2.73 bits per heavy atom. The van der Waals surface area contributed by atoms with Crippen LogP contribution in [0.15, 0.2) is 48.8 Å². The van der Waals surface area contributed by atoms with E-state index in [1.807, 2.05) is 35.2 Å². The van der Waals surface area contributed by atoms with Gasteiger partial charge in [0.1, 0.15) is 0 Å². The molecule has 136 valence electrons. The van der Waals surface area contributed by atoms with Gasteiger partial charge in [0.2, 0.25) is 0 Å². The third-order valence-corrected chi connectivity index (χ3v) is 6.09. The Morgan fingerprint density at radius 2 is 1.96 bits per heavy atom. The number of fused-ring (bicyclic) bond motifs is 1. The Hall–Kier alpha value is -2.40. The van der Waals surface area contributed by atoms with E-state index in [2.05, 4.69) is 4.98 Å². The van der Waals surface area contributed by atoms with Crippen molar-refractivity contribution < 1.29 is 9.90 Å². The van der Waals surface area contributed by atoms with Crippen LogP contribution in [-0.2, 0) is 5.60 Å². The number of hydrogen-bond acceptors (Lipinski definition) is 4. The van der Waals surface area contributed by atoms with Crippen LogP contribution in [0.25, 0.3) is 0 Å². The number of nitrogens with two attached hydrogens (primary N) is 1. The van der Waals surface area contributed by atoms with Gasteiger partial charge in [-0.1, -0.05) is 43.2 Å². The number of carbonyl (C=O) groups is 1. The molecule has 0 radical (unpaired) electrons. The molecule has 1 aliphatic carbocycles. The molecule has 1 saturated heterocycles. The number of aliphatic hydroxyl groups is 1. The Labute approximate surface area is 153 Å². The summed E-state index contributed by atoms with van der Waals surface area (Å²) in [6.45, 7) is 0.535. The van der Waals surface area contributed by atoms with Gasteiger partial charge >= 0.3 is 0 Å². The van der Waals surface area contributed by atoms with Crippen LogP contribution in [0.4, 0.5) is 5.69 Å². The quantitative estimate of drug-likeness (QED) is 0.872. The van der Waals surface area contributed by atoms with Crippen molar-refractivity contribution in [1.82, 2.24) is 9.88 Å². The van der Waals surface area contributed by atoms with Gasteiger partial charge in [-0.25, -0.2) is 0 Å². The number of pyridine rings is 1. The summed E-state index contributed by atoms with van der Waals surface area (Å²) in [6.07, 6.45) is 7.72. The number of benzene rings is 1. The van der Waals surface area contributed by atoms with Gasteiger partial charge in [0.25, 0.3) is 5.91 Å². The second-order valence-corrected chi connectivity index (χ2v) is 7.46. The Bertz CT molecular complexity index is 795. The molecule has 0 unspecified atom stereocenters. The summed E-state index contributed by atoms with van der Waals surface area (Å²) < 4.78 is 0. The van der Waals surface area contributed by atoms with Gasteiger partial charge in [-0.2, -0.15) is 0 Å². The number of anilines is 1. The fourth-order valence-corrected chi connectivity index (χ4v) is 4.78. The molecule has 1 aromatic carbocycles. The maximum Gasteiger partial charge on any atom is 0.256 e. The zero-order valence-corrected chi connectivity index (χ0v) is 14.8. The Balaban J connectivity index is 1.67. The number of likely N-dealkylation sites (tertiary alicyclic amines) is 1. The number of aromatic nitrogens is 1. The minimum atomic E-state index is -0.868.